The molecule has 0 saturated heterocycles. The van der Waals surface area contributed by atoms with Gasteiger partial charge in [0.1, 0.15) is 18.0 Å². The van der Waals surface area contributed by atoms with Crippen molar-refractivity contribution >= 4 is 23.0 Å². The van der Waals surface area contributed by atoms with Crippen molar-refractivity contribution in [3.8, 4) is 5.75 Å². The predicted molar refractivity (Wildman–Crippen MR) is 90.4 cm³/mol. The number of amides is 1. The minimum Gasteiger partial charge on any atom is -0.496 e. The molecule has 1 N–H and O–H groups in total. The first-order valence-electron chi connectivity index (χ1n) is 7.20. The molecule has 136 valence electrons. The molecule has 0 bridgehead atoms. The van der Waals surface area contributed by atoms with Gasteiger partial charge in [0.15, 0.2) is 0 Å². The molecule has 0 saturated carbocycles. The second-order valence-corrected chi connectivity index (χ2v) is 5.25. The molecule has 1 aromatic carbocycles. The van der Waals surface area contributed by atoms with E-state index in [1.54, 1.807) is 0 Å². The number of methoxy groups -OCH3 is 1. The third kappa shape index (κ3) is 4.01. The van der Waals surface area contributed by atoms with Crippen molar-refractivity contribution in [2.24, 2.45) is 0 Å². The van der Waals surface area contributed by atoms with Crippen molar-refractivity contribution in [1.82, 2.24) is 4.57 Å². The fourth-order valence-corrected chi connectivity index (χ4v) is 2.21. The number of aromatic nitrogens is 1. The number of rotatable bonds is 6. The Morgan fingerprint density at radius 3 is 2.42 bits per heavy atom. The maximum absolute atomic E-state index is 12.1. The van der Waals surface area contributed by atoms with Gasteiger partial charge in [-0.25, -0.2) is 0 Å². The number of hydrogen-bond donors (Lipinski definition) is 1. The molecule has 0 spiro atoms. The van der Waals surface area contributed by atoms with Gasteiger partial charge in [0.05, 0.1) is 29.2 Å². The largest absolute Gasteiger partial charge is 0.496 e. The van der Waals surface area contributed by atoms with Gasteiger partial charge in [0.2, 0.25) is 5.91 Å². The number of anilines is 1. The minimum atomic E-state index is -0.751. The Morgan fingerprint density at radius 1 is 1.19 bits per heavy atom. The van der Waals surface area contributed by atoms with Gasteiger partial charge < -0.3 is 10.1 Å². The topological polar surface area (TPSA) is 147 Å². The third-order valence-electron chi connectivity index (χ3n) is 3.49. The van der Waals surface area contributed by atoms with Crippen LogP contribution in [0.3, 0.4) is 0 Å². The number of nitro groups is 2. The molecular weight excluding hydrogens is 348 g/mol. The number of nitro benzene ring substituents is 1. The highest BCUT2D eigenvalue weighted by Crippen LogP contribution is 2.28. The summed E-state index contributed by atoms with van der Waals surface area (Å²) in [6.45, 7) is 0.869. The van der Waals surface area contributed by atoms with Crippen LogP contribution in [0.15, 0.2) is 35.3 Å². The summed E-state index contributed by atoms with van der Waals surface area (Å²) >= 11 is 0. The fraction of sp³-hybridized carbons (Fsp3) is 0.200. The van der Waals surface area contributed by atoms with Crippen molar-refractivity contribution in [3.05, 3.63) is 66.6 Å². The lowest BCUT2D eigenvalue weighted by atomic mass is 10.2. The quantitative estimate of drug-likeness (QED) is 0.606. The summed E-state index contributed by atoms with van der Waals surface area (Å²) in [6, 6.07) is 4.89. The van der Waals surface area contributed by atoms with Crippen molar-refractivity contribution in [2.45, 2.75) is 13.5 Å². The number of hydrogen-bond acceptors (Lipinski definition) is 7. The summed E-state index contributed by atoms with van der Waals surface area (Å²) in [5.74, 6) is -0.515. The standard InChI is InChI=1S/C15H14N4O7/c1-9-5-15(21)17(7-13(9)19(24)25)8-14(20)16-11-4-3-10(26-2)6-12(11)18(22)23/h3-7H,8H2,1-2H3,(H,16,20). The van der Waals surface area contributed by atoms with Crippen LogP contribution in [-0.2, 0) is 11.3 Å². The molecule has 0 atom stereocenters. The van der Waals surface area contributed by atoms with E-state index < -0.39 is 27.9 Å². The Bertz CT molecular complexity index is 951. The number of carbonyl (C=O) groups is 1. The van der Waals surface area contributed by atoms with E-state index in [0.29, 0.717) is 0 Å². The Balaban J connectivity index is 2.27. The van der Waals surface area contributed by atoms with Gasteiger partial charge in [-0.3, -0.25) is 34.4 Å². The average Bonchev–Trinajstić information content (AvgIpc) is 2.57. The SMILES string of the molecule is COc1ccc(NC(=O)Cn2cc([N+](=O)[O-])c(C)cc2=O)c([N+](=O)[O-])c1. The first-order chi connectivity index (χ1) is 12.2. The zero-order valence-corrected chi connectivity index (χ0v) is 13.8. The van der Waals surface area contributed by atoms with E-state index >= 15 is 0 Å². The van der Waals surface area contributed by atoms with Gasteiger partial charge >= 0.3 is 0 Å². The van der Waals surface area contributed by atoms with E-state index in [0.717, 1.165) is 22.9 Å². The highest BCUT2D eigenvalue weighted by Gasteiger charge is 2.19. The number of ether oxygens (including phenoxy) is 1. The Labute approximate surface area is 146 Å². The first-order valence-corrected chi connectivity index (χ1v) is 7.20. The Hall–Kier alpha value is -3.76. The van der Waals surface area contributed by atoms with Gasteiger partial charge in [-0.2, -0.15) is 0 Å². The molecule has 0 aliphatic carbocycles. The average molecular weight is 362 g/mol. The molecule has 11 nitrogen and oxygen atoms in total. The van der Waals surface area contributed by atoms with Crippen molar-refractivity contribution in [1.29, 1.82) is 0 Å². The van der Waals surface area contributed by atoms with E-state index in [4.69, 9.17) is 4.74 Å². The van der Waals surface area contributed by atoms with Crippen LogP contribution in [0.4, 0.5) is 17.1 Å². The van der Waals surface area contributed by atoms with Crippen molar-refractivity contribution in [3.63, 3.8) is 0 Å². The summed E-state index contributed by atoms with van der Waals surface area (Å²) in [5.41, 5.74) is -1.22. The predicted octanol–water partition coefficient (Wildman–Crippen LogP) is 1.62. The number of nitrogens with one attached hydrogen (secondary N) is 1. The Kier molecular flexibility index (Phi) is 5.30. The van der Waals surface area contributed by atoms with Gasteiger partial charge in [0, 0.05) is 11.6 Å². The first kappa shape index (κ1) is 18.6. The number of nitrogens with zero attached hydrogens (tertiary/aromatic N) is 3. The van der Waals surface area contributed by atoms with E-state index in [1.165, 1.54) is 26.2 Å². The van der Waals surface area contributed by atoms with Crippen LogP contribution in [0, 0.1) is 27.2 Å². The molecule has 0 aliphatic heterocycles. The summed E-state index contributed by atoms with van der Waals surface area (Å²) < 4.78 is 5.75. The summed E-state index contributed by atoms with van der Waals surface area (Å²) in [6.07, 6.45) is 0.958. The highest BCUT2D eigenvalue weighted by molar-refractivity contribution is 5.93. The highest BCUT2D eigenvalue weighted by atomic mass is 16.6. The summed E-state index contributed by atoms with van der Waals surface area (Å²) in [5, 5.41) is 24.4. The van der Waals surface area contributed by atoms with Gasteiger partial charge in [-0.1, -0.05) is 0 Å². The number of pyridine rings is 1. The molecule has 1 amide bonds. The summed E-state index contributed by atoms with van der Waals surface area (Å²) in [7, 11) is 1.34. The van der Waals surface area contributed by atoms with Crippen molar-refractivity contribution < 1.29 is 19.4 Å². The van der Waals surface area contributed by atoms with Crippen LogP contribution >= 0.6 is 0 Å². The molecule has 11 heteroatoms. The van der Waals surface area contributed by atoms with Crippen LogP contribution in [0.5, 0.6) is 5.75 Å². The number of aryl methyl sites for hydroxylation is 1. The van der Waals surface area contributed by atoms with Gasteiger partial charge in [-0.05, 0) is 19.1 Å². The number of carbonyl (C=O) groups excluding carboxylic acids is 1. The molecule has 1 aromatic heterocycles. The maximum atomic E-state index is 12.1. The molecule has 0 unspecified atom stereocenters. The van der Waals surface area contributed by atoms with E-state index in [2.05, 4.69) is 5.32 Å². The maximum Gasteiger partial charge on any atom is 0.296 e. The molecular formula is C15H14N4O7. The zero-order valence-electron chi connectivity index (χ0n) is 13.8. The second kappa shape index (κ2) is 7.42. The van der Waals surface area contributed by atoms with Crippen LogP contribution in [0.1, 0.15) is 5.56 Å². The van der Waals surface area contributed by atoms with Crippen LogP contribution < -0.4 is 15.6 Å². The fourth-order valence-electron chi connectivity index (χ4n) is 2.21. The van der Waals surface area contributed by atoms with Gasteiger partial charge in [-0.15, -0.1) is 0 Å². The normalized spacial score (nSPS) is 10.2. The van der Waals surface area contributed by atoms with Crippen molar-refractivity contribution in [2.75, 3.05) is 12.4 Å². The van der Waals surface area contributed by atoms with Gasteiger partial charge in [0.25, 0.3) is 16.9 Å². The van der Waals surface area contributed by atoms with E-state index in [1.807, 2.05) is 0 Å². The van der Waals surface area contributed by atoms with E-state index in [9.17, 15) is 29.8 Å². The lowest BCUT2D eigenvalue weighted by Crippen LogP contribution is -2.27. The molecule has 2 rings (SSSR count). The van der Waals surface area contributed by atoms with Crippen LogP contribution in [0.2, 0.25) is 0 Å². The second-order valence-electron chi connectivity index (χ2n) is 5.25. The molecule has 2 aromatic rings. The molecule has 1 heterocycles. The Morgan fingerprint density at radius 2 is 1.85 bits per heavy atom. The molecule has 0 aliphatic rings. The van der Waals surface area contributed by atoms with Crippen LogP contribution in [-0.4, -0.2) is 27.4 Å². The summed E-state index contributed by atoms with van der Waals surface area (Å²) in [4.78, 5) is 44.7. The molecule has 0 fully saturated rings. The molecule has 26 heavy (non-hydrogen) atoms. The third-order valence-corrected chi connectivity index (χ3v) is 3.49. The zero-order chi connectivity index (χ0) is 19.4. The number of benzene rings is 1. The van der Waals surface area contributed by atoms with E-state index in [-0.39, 0.29) is 28.4 Å². The lowest BCUT2D eigenvalue weighted by Gasteiger charge is -2.09. The smallest absolute Gasteiger partial charge is 0.296 e. The van der Waals surface area contributed by atoms with Crippen LogP contribution in [0.25, 0.3) is 0 Å². The molecule has 0 radical (unpaired) electrons. The lowest BCUT2D eigenvalue weighted by molar-refractivity contribution is -0.385. The minimum absolute atomic E-state index is 0.0875. The monoisotopic (exact) mass is 362 g/mol.